The van der Waals surface area contributed by atoms with Crippen molar-refractivity contribution in [2.75, 3.05) is 23.4 Å². The van der Waals surface area contributed by atoms with Gasteiger partial charge in [0.1, 0.15) is 19.4 Å². The van der Waals surface area contributed by atoms with Crippen LogP contribution >= 0.6 is 11.6 Å². The molecule has 0 aliphatic carbocycles. The number of hydrogen-bond donors (Lipinski definition) is 1. The molecular weight excluding hydrogens is 376 g/mol. The normalized spacial score (nSPS) is 17.4. The molecule has 0 aromatic heterocycles. The molecule has 1 N–H and O–H groups in total. The van der Waals surface area contributed by atoms with Crippen LogP contribution < -0.4 is 19.7 Å². The number of benzene rings is 3. The molecule has 0 unspecified atom stereocenters. The van der Waals surface area contributed by atoms with E-state index in [1.54, 1.807) is 17.0 Å². The summed E-state index contributed by atoms with van der Waals surface area (Å²) in [6.45, 7) is 1.08. The highest BCUT2D eigenvalue weighted by Gasteiger charge is 2.37. The van der Waals surface area contributed by atoms with Crippen molar-refractivity contribution in [3.05, 3.63) is 82.9 Å². The third kappa shape index (κ3) is 2.84. The van der Waals surface area contributed by atoms with E-state index in [-0.39, 0.29) is 12.1 Å². The topological polar surface area (TPSA) is 50.8 Å². The average molecular weight is 393 g/mol. The molecule has 5 rings (SSSR count). The minimum absolute atomic E-state index is 0.0482. The first-order valence-corrected chi connectivity index (χ1v) is 9.43. The van der Waals surface area contributed by atoms with Gasteiger partial charge in [-0.3, -0.25) is 9.69 Å². The minimum atomic E-state index is -0.340. The molecule has 0 saturated carbocycles. The number of nitrogens with zero attached hydrogens (tertiary/aromatic N) is 1. The third-order valence-electron chi connectivity index (χ3n) is 4.91. The van der Waals surface area contributed by atoms with Gasteiger partial charge in [-0.1, -0.05) is 29.8 Å². The van der Waals surface area contributed by atoms with E-state index in [4.69, 9.17) is 21.1 Å². The molecule has 0 spiro atoms. The third-order valence-corrected chi connectivity index (χ3v) is 5.17. The maximum absolute atomic E-state index is 13.1. The highest BCUT2D eigenvalue weighted by molar-refractivity contribution is 6.30. The number of rotatable bonds is 3. The van der Waals surface area contributed by atoms with E-state index in [9.17, 15) is 4.79 Å². The van der Waals surface area contributed by atoms with Crippen molar-refractivity contribution in [3.63, 3.8) is 0 Å². The quantitative estimate of drug-likeness (QED) is 0.690. The lowest BCUT2D eigenvalue weighted by atomic mass is 10.1. The Balaban J connectivity index is 1.54. The summed E-state index contributed by atoms with van der Waals surface area (Å²) in [6, 6.07) is 20.6. The van der Waals surface area contributed by atoms with Gasteiger partial charge >= 0.3 is 0 Å². The van der Waals surface area contributed by atoms with E-state index in [0.717, 1.165) is 22.7 Å². The Hall–Kier alpha value is -3.18. The molecule has 2 aliphatic rings. The number of carbonyl (C=O) groups excluding carboxylic acids is 1. The highest BCUT2D eigenvalue weighted by Crippen LogP contribution is 2.40. The first kappa shape index (κ1) is 17.0. The van der Waals surface area contributed by atoms with Crippen molar-refractivity contribution in [1.29, 1.82) is 0 Å². The number of fused-ring (bicyclic) bond motifs is 2. The van der Waals surface area contributed by atoms with Crippen molar-refractivity contribution in [1.82, 2.24) is 0 Å². The average Bonchev–Trinajstić information content (AvgIpc) is 3.01. The number of carbonyl (C=O) groups is 1. The van der Waals surface area contributed by atoms with Gasteiger partial charge in [0.25, 0.3) is 5.91 Å². The van der Waals surface area contributed by atoms with E-state index >= 15 is 0 Å². The maximum Gasteiger partial charge on any atom is 0.260 e. The Labute approximate surface area is 167 Å². The zero-order chi connectivity index (χ0) is 19.1. The molecule has 3 aromatic carbocycles. The molecule has 1 amide bonds. The Bertz CT molecular complexity index is 1050. The molecular formula is C22H17ClN2O3. The fourth-order valence-corrected chi connectivity index (χ4v) is 3.74. The van der Waals surface area contributed by atoms with E-state index in [0.29, 0.717) is 29.5 Å². The summed E-state index contributed by atoms with van der Waals surface area (Å²) in [5.41, 5.74) is 3.24. The molecule has 2 heterocycles. The summed E-state index contributed by atoms with van der Waals surface area (Å²) < 4.78 is 11.3. The van der Waals surface area contributed by atoms with Crippen LogP contribution in [0.5, 0.6) is 11.5 Å². The lowest BCUT2D eigenvalue weighted by Crippen LogP contribution is -2.32. The molecule has 140 valence electrons. The van der Waals surface area contributed by atoms with Crippen LogP contribution in [0.2, 0.25) is 5.02 Å². The van der Waals surface area contributed by atoms with Crippen LogP contribution in [0.1, 0.15) is 22.1 Å². The number of amides is 1. The van der Waals surface area contributed by atoms with Crippen molar-refractivity contribution >= 4 is 28.9 Å². The largest absolute Gasteiger partial charge is 0.486 e. The zero-order valence-electron chi connectivity index (χ0n) is 14.9. The summed E-state index contributed by atoms with van der Waals surface area (Å²) in [4.78, 5) is 14.9. The van der Waals surface area contributed by atoms with Crippen LogP contribution in [0.15, 0.2) is 66.7 Å². The molecule has 28 heavy (non-hydrogen) atoms. The lowest BCUT2D eigenvalue weighted by molar-refractivity contribution is 0.0993. The number of anilines is 2. The number of halogens is 1. The summed E-state index contributed by atoms with van der Waals surface area (Å²) in [5, 5.41) is 4.11. The summed E-state index contributed by atoms with van der Waals surface area (Å²) in [5.74, 6) is 1.38. The predicted molar refractivity (Wildman–Crippen MR) is 108 cm³/mol. The van der Waals surface area contributed by atoms with Crippen LogP contribution in [0.25, 0.3) is 0 Å². The Morgan fingerprint density at radius 1 is 0.929 bits per heavy atom. The van der Waals surface area contributed by atoms with Crippen LogP contribution in [0.4, 0.5) is 11.4 Å². The first-order valence-electron chi connectivity index (χ1n) is 9.05. The van der Waals surface area contributed by atoms with Gasteiger partial charge in [0.15, 0.2) is 11.5 Å². The first-order chi connectivity index (χ1) is 13.7. The molecule has 6 heteroatoms. The predicted octanol–water partition coefficient (Wildman–Crippen LogP) is 4.88. The van der Waals surface area contributed by atoms with E-state index < -0.39 is 0 Å². The summed E-state index contributed by atoms with van der Waals surface area (Å²) in [7, 11) is 0. The smallest absolute Gasteiger partial charge is 0.260 e. The summed E-state index contributed by atoms with van der Waals surface area (Å²) in [6.07, 6.45) is -0.340. The van der Waals surface area contributed by atoms with Crippen molar-refractivity contribution < 1.29 is 14.3 Å². The second-order valence-electron chi connectivity index (χ2n) is 6.64. The minimum Gasteiger partial charge on any atom is -0.486 e. The standard InChI is InChI=1S/C22H17ClN2O3/c23-14-5-8-16(9-6-14)25-21(17-3-1-2-4-18(17)22(25)26)24-15-7-10-19-20(13-15)28-12-11-27-19/h1-10,13,21,24H,11-12H2/t21-/m0/s1. The van der Waals surface area contributed by atoms with Gasteiger partial charge in [-0.15, -0.1) is 0 Å². The van der Waals surface area contributed by atoms with Gasteiger partial charge in [0.05, 0.1) is 0 Å². The fourth-order valence-electron chi connectivity index (χ4n) is 3.62. The van der Waals surface area contributed by atoms with Crippen molar-refractivity contribution in [2.24, 2.45) is 0 Å². The van der Waals surface area contributed by atoms with Crippen LogP contribution in [-0.4, -0.2) is 19.1 Å². The second-order valence-corrected chi connectivity index (χ2v) is 7.08. The van der Waals surface area contributed by atoms with Gasteiger partial charge in [-0.25, -0.2) is 0 Å². The lowest BCUT2D eigenvalue weighted by Gasteiger charge is -2.28. The van der Waals surface area contributed by atoms with Gasteiger partial charge in [0.2, 0.25) is 0 Å². The monoisotopic (exact) mass is 392 g/mol. The van der Waals surface area contributed by atoms with Crippen molar-refractivity contribution in [2.45, 2.75) is 6.17 Å². The molecule has 0 fully saturated rings. The number of nitrogens with one attached hydrogen (secondary N) is 1. The Morgan fingerprint density at radius 2 is 1.68 bits per heavy atom. The Kier molecular flexibility index (Phi) is 4.10. The van der Waals surface area contributed by atoms with Crippen molar-refractivity contribution in [3.8, 4) is 11.5 Å². The van der Waals surface area contributed by atoms with Gasteiger partial charge in [0, 0.05) is 33.6 Å². The molecule has 3 aromatic rings. The fraction of sp³-hybridized carbons (Fsp3) is 0.136. The summed E-state index contributed by atoms with van der Waals surface area (Å²) >= 11 is 6.03. The van der Waals surface area contributed by atoms with Crippen LogP contribution in [-0.2, 0) is 0 Å². The molecule has 5 nitrogen and oxygen atoms in total. The maximum atomic E-state index is 13.1. The van der Waals surface area contributed by atoms with Gasteiger partial charge < -0.3 is 14.8 Å². The van der Waals surface area contributed by atoms with Gasteiger partial charge in [-0.2, -0.15) is 0 Å². The molecule has 0 bridgehead atoms. The van der Waals surface area contributed by atoms with Crippen LogP contribution in [0.3, 0.4) is 0 Å². The second kappa shape index (κ2) is 6.77. The number of hydrogen-bond acceptors (Lipinski definition) is 4. The van der Waals surface area contributed by atoms with E-state index in [1.807, 2.05) is 54.6 Å². The molecule has 0 saturated heterocycles. The zero-order valence-corrected chi connectivity index (χ0v) is 15.6. The molecule has 2 aliphatic heterocycles. The Morgan fingerprint density at radius 3 is 2.50 bits per heavy atom. The highest BCUT2D eigenvalue weighted by atomic mass is 35.5. The molecule has 1 atom stereocenters. The number of ether oxygens (including phenoxy) is 2. The molecule has 0 radical (unpaired) electrons. The van der Waals surface area contributed by atoms with Gasteiger partial charge in [-0.05, 0) is 42.5 Å². The SMILES string of the molecule is O=C1c2ccccc2[C@@H](Nc2ccc3c(c2)OCCO3)N1c1ccc(Cl)cc1. The van der Waals surface area contributed by atoms with E-state index in [2.05, 4.69) is 5.32 Å². The van der Waals surface area contributed by atoms with Crippen LogP contribution in [0, 0.1) is 0 Å². The van der Waals surface area contributed by atoms with E-state index in [1.165, 1.54) is 0 Å².